The normalized spacial score (nSPS) is 11.9. The number of benzene rings is 1. The Morgan fingerprint density at radius 3 is 2.58 bits per heavy atom. The lowest BCUT2D eigenvalue weighted by atomic mass is 10.2. The van der Waals surface area contributed by atoms with Gasteiger partial charge < -0.3 is 9.30 Å². The molecule has 0 aliphatic carbocycles. The van der Waals surface area contributed by atoms with Gasteiger partial charge in [-0.3, -0.25) is 14.6 Å². The molecule has 1 aromatic carbocycles. The zero-order valence-corrected chi connectivity index (χ0v) is 18.0. The summed E-state index contributed by atoms with van der Waals surface area (Å²) in [6, 6.07) is 12.9. The minimum Gasteiger partial charge on any atom is -0.385 e. The maximum absolute atomic E-state index is 13.4. The van der Waals surface area contributed by atoms with E-state index >= 15 is 0 Å². The van der Waals surface area contributed by atoms with Crippen molar-refractivity contribution in [3.05, 3.63) is 76.1 Å². The molecule has 9 heteroatoms. The monoisotopic (exact) mass is 438 g/mol. The van der Waals surface area contributed by atoms with Gasteiger partial charge in [0.05, 0.1) is 10.3 Å². The molecular weight excluding hydrogens is 416 g/mol. The van der Waals surface area contributed by atoms with Crippen molar-refractivity contribution in [2.45, 2.75) is 29.7 Å². The molecule has 160 valence electrons. The Bertz CT molecular complexity index is 1500. The third-order valence-electron chi connectivity index (χ3n) is 5.13. The molecule has 0 bridgehead atoms. The number of fused-ring (bicyclic) bond motifs is 2. The molecule has 0 radical (unpaired) electrons. The number of aromatic nitrogens is 3. The van der Waals surface area contributed by atoms with Crippen molar-refractivity contribution in [2.24, 2.45) is 0 Å². The van der Waals surface area contributed by atoms with Gasteiger partial charge in [0.2, 0.25) is 9.84 Å². The van der Waals surface area contributed by atoms with Crippen molar-refractivity contribution in [1.29, 1.82) is 5.41 Å². The fourth-order valence-corrected chi connectivity index (χ4v) is 4.88. The van der Waals surface area contributed by atoms with E-state index in [2.05, 4.69) is 4.98 Å². The predicted molar refractivity (Wildman–Crippen MR) is 116 cm³/mol. The number of aryl methyl sites for hydroxylation is 2. The highest BCUT2D eigenvalue weighted by Crippen LogP contribution is 2.21. The summed E-state index contributed by atoms with van der Waals surface area (Å²) in [5.41, 5.74) is 1.03. The molecule has 0 saturated heterocycles. The minimum absolute atomic E-state index is 0.0724. The Hall–Kier alpha value is -3.30. The fourth-order valence-electron chi connectivity index (χ4n) is 3.50. The molecule has 3 heterocycles. The molecular formula is C22H22N4O4S. The van der Waals surface area contributed by atoms with Gasteiger partial charge in [0.15, 0.2) is 0 Å². The van der Waals surface area contributed by atoms with Gasteiger partial charge in [-0.15, -0.1) is 0 Å². The van der Waals surface area contributed by atoms with Crippen LogP contribution in [0.1, 0.15) is 12.0 Å². The van der Waals surface area contributed by atoms with Crippen LogP contribution in [0.25, 0.3) is 16.7 Å². The summed E-state index contributed by atoms with van der Waals surface area (Å²) in [7, 11) is -2.45. The Labute approximate surface area is 178 Å². The first-order valence-corrected chi connectivity index (χ1v) is 11.2. The molecule has 31 heavy (non-hydrogen) atoms. The summed E-state index contributed by atoms with van der Waals surface area (Å²) in [6.07, 6.45) is 2.12. The molecule has 0 fully saturated rings. The predicted octanol–water partition coefficient (Wildman–Crippen LogP) is 2.31. The standard InChI is InChI=1S/C22H22N4O4S/c1-15-7-9-16(10-8-15)31(28,29)18-14-17-21(26(20(18)23)12-5-13-30-2)24-19-6-3-4-11-25(19)22(17)27/h3-4,6-11,14,23H,5,12-13H2,1-2H3. The smallest absolute Gasteiger partial charge is 0.267 e. The van der Waals surface area contributed by atoms with Crippen LogP contribution in [0.15, 0.2) is 69.3 Å². The van der Waals surface area contributed by atoms with Gasteiger partial charge in [0, 0.05) is 26.5 Å². The quantitative estimate of drug-likeness (QED) is 0.367. The van der Waals surface area contributed by atoms with Gasteiger partial charge >= 0.3 is 0 Å². The maximum atomic E-state index is 13.4. The Balaban J connectivity index is 2.06. The number of hydrogen-bond donors (Lipinski definition) is 1. The summed E-state index contributed by atoms with van der Waals surface area (Å²) >= 11 is 0. The van der Waals surface area contributed by atoms with Gasteiger partial charge in [0.1, 0.15) is 21.7 Å². The fraction of sp³-hybridized carbons (Fsp3) is 0.227. The maximum Gasteiger partial charge on any atom is 0.267 e. The first-order chi connectivity index (χ1) is 14.8. The Kier molecular flexibility index (Phi) is 5.47. The summed E-state index contributed by atoms with van der Waals surface area (Å²) in [5, 5.41) is 8.83. The summed E-state index contributed by atoms with van der Waals surface area (Å²) < 4.78 is 34.7. The molecule has 0 amide bonds. The van der Waals surface area contributed by atoms with E-state index in [0.717, 1.165) is 5.56 Å². The van der Waals surface area contributed by atoms with Crippen molar-refractivity contribution in [2.75, 3.05) is 13.7 Å². The number of sulfone groups is 1. The lowest BCUT2D eigenvalue weighted by Gasteiger charge is -2.15. The highest BCUT2D eigenvalue weighted by atomic mass is 32.2. The average Bonchev–Trinajstić information content (AvgIpc) is 2.76. The van der Waals surface area contributed by atoms with Crippen molar-refractivity contribution in [3.8, 4) is 0 Å². The number of hydrogen-bond acceptors (Lipinski definition) is 6. The lowest BCUT2D eigenvalue weighted by molar-refractivity contribution is 0.190. The minimum atomic E-state index is -4.02. The molecule has 8 nitrogen and oxygen atoms in total. The van der Waals surface area contributed by atoms with Gasteiger partial charge in [-0.05, 0) is 43.7 Å². The molecule has 4 aromatic rings. The molecule has 0 unspecified atom stereocenters. The molecule has 3 aromatic heterocycles. The lowest BCUT2D eigenvalue weighted by Crippen LogP contribution is -2.30. The highest BCUT2D eigenvalue weighted by molar-refractivity contribution is 7.91. The summed E-state index contributed by atoms with van der Waals surface area (Å²) in [5.74, 6) is 0. The van der Waals surface area contributed by atoms with Crippen LogP contribution in [0.5, 0.6) is 0 Å². The van der Waals surface area contributed by atoms with E-state index in [1.807, 2.05) is 6.92 Å². The van der Waals surface area contributed by atoms with E-state index in [4.69, 9.17) is 10.1 Å². The van der Waals surface area contributed by atoms with Crippen LogP contribution in [0, 0.1) is 12.3 Å². The number of nitrogens with zero attached hydrogens (tertiary/aromatic N) is 3. The van der Waals surface area contributed by atoms with Crippen LogP contribution >= 0.6 is 0 Å². The van der Waals surface area contributed by atoms with Crippen LogP contribution in [-0.4, -0.2) is 36.1 Å². The van der Waals surface area contributed by atoms with E-state index < -0.39 is 9.84 Å². The molecule has 4 rings (SSSR count). The average molecular weight is 439 g/mol. The molecule has 0 saturated carbocycles. The van der Waals surface area contributed by atoms with Gasteiger partial charge in [0.25, 0.3) is 5.56 Å². The molecule has 0 aliphatic rings. The molecule has 1 N–H and O–H groups in total. The first-order valence-electron chi connectivity index (χ1n) is 9.75. The SMILES string of the molecule is COCCCn1c(=N)c(S(=O)(=O)c2ccc(C)cc2)cc2c(=O)n3ccccc3nc21. The number of nitrogens with one attached hydrogen (secondary N) is 1. The van der Waals surface area contributed by atoms with Gasteiger partial charge in [-0.25, -0.2) is 13.4 Å². The van der Waals surface area contributed by atoms with E-state index in [0.29, 0.717) is 18.7 Å². The zero-order chi connectivity index (χ0) is 22.2. The third kappa shape index (κ3) is 3.66. The number of ether oxygens (including phenoxy) is 1. The van der Waals surface area contributed by atoms with Gasteiger partial charge in [-0.2, -0.15) is 0 Å². The second-order valence-corrected chi connectivity index (χ2v) is 9.17. The van der Waals surface area contributed by atoms with Crippen LogP contribution < -0.4 is 11.0 Å². The van der Waals surface area contributed by atoms with E-state index in [-0.39, 0.29) is 38.4 Å². The summed E-state index contributed by atoms with van der Waals surface area (Å²) in [4.78, 5) is 17.6. The van der Waals surface area contributed by atoms with E-state index in [1.54, 1.807) is 43.6 Å². The van der Waals surface area contributed by atoms with E-state index in [9.17, 15) is 13.2 Å². The second kappa shape index (κ2) is 8.09. The van der Waals surface area contributed by atoms with Gasteiger partial charge in [-0.1, -0.05) is 23.8 Å². The topological polar surface area (TPSA) is 107 Å². The molecule has 0 aliphatic heterocycles. The Morgan fingerprint density at radius 2 is 1.87 bits per heavy atom. The zero-order valence-electron chi connectivity index (χ0n) is 17.2. The van der Waals surface area contributed by atoms with Crippen LogP contribution in [0.2, 0.25) is 0 Å². The van der Waals surface area contributed by atoms with Crippen LogP contribution in [-0.2, 0) is 21.1 Å². The second-order valence-electron chi connectivity index (χ2n) is 7.25. The molecule has 0 spiro atoms. The van der Waals surface area contributed by atoms with Crippen molar-refractivity contribution in [1.82, 2.24) is 14.0 Å². The van der Waals surface area contributed by atoms with E-state index in [1.165, 1.54) is 27.2 Å². The van der Waals surface area contributed by atoms with Crippen molar-refractivity contribution in [3.63, 3.8) is 0 Å². The van der Waals surface area contributed by atoms with Crippen LogP contribution in [0.4, 0.5) is 0 Å². The number of pyridine rings is 2. The Morgan fingerprint density at radius 1 is 1.13 bits per heavy atom. The van der Waals surface area contributed by atoms with Crippen LogP contribution in [0.3, 0.4) is 0 Å². The number of rotatable bonds is 6. The largest absolute Gasteiger partial charge is 0.385 e. The van der Waals surface area contributed by atoms with Crippen molar-refractivity contribution < 1.29 is 13.2 Å². The first kappa shape index (κ1) is 21.0. The summed E-state index contributed by atoms with van der Waals surface area (Å²) in [6.45, 7) is 2.58. The third-order valence-corrected chi connectivity index (χ3v) is 6.92. The highest BCUT2D eigenvalue weighted by Gasteiger charge is 2.24. The number of methoxy groups -OCH3 is 1. The van der Waals surface area contributed by atoms with Crippen molar-refractivity contribution >= 4 is 26.5 Å². The molecule has 0 atom stereocenters.